The molecule has 340 valence electrons. The summed E-state index contributed by atoms with van der Waals surface area (Å²) in [6.45, 7) is 52.0. The molecule has 0 saturated heterocycles. The van der Waals surface area contributed by atoms with Gasteiger partial charge >= 0.3 is 0 Å². The minimum Gasteiger partial charge on any atom is -0.261 e. The lowest BCUT2D eigenvalue weighted by molar-refractivity contribution is 0.558. The summed E-state index contributed by atoms with van der Waals surface area (Å²) in [4.78, 5) is 24.0. The van der Waals surface area contributed by atoms with Gasteiger partial charge < -0.3 is 0 Å². The van der Waals surface area contributed by atoms with Crippen LogP contribution in [0.1, 0.15) is 201 Å². The third-order valence-electron chi connectivity index (χ3n) is 6.90. The predicted octanol–water partition coefficient (Wildman–Crippen LogP) is 14.0. The molecule has 0 atom stereocenters. The molecule has 0 spiro atoms. The summed E-state index contributed by atoms with van der Waals surface area (Å²) in [7, 11) is 0. The minimum absolute atomic E-state index is 0.119. The van der Waals surface area contributed by atoms with E-state index in [2.05, 4.69) is 154 Å². The predicted molar refractivity (Wildman–Crippen MR) is 260 cm³/mol. The van der Waals surface area contributed by atoms with Gasteiger partial charge in [-0.15, -0.1) is 0 Å². The van der Waals surface area contributed by atoms with Gasteiger partial charge in [-0.25, -0.2) is 19.9 Å². The van der Waals surface area contributed by atoms with E-state index < -0.39 is 0 Å². The summed E-state index contributed by atoms with van der Waals surface area (Å²) in [5, 5.41) is 15.3. The maximum Gasteiger partial charge on any atom is 0.115 e. The summed E-state index contributed by atoms with van der Waals surface area (Å²) >= 11 is 0. The van der Waals surface area contributed by atoms with E-state index in [1.807, 2.05) is 106 Å². The second-order valence-electron chi connectivity index (χ2n) is 16.8. The van der Waals surface area contributed by atoms with Gasteiger partial charge in [0.05, 0.1) is 17.6 Å². The van der Waals surface area contributed by atoms with Gasteiger partial charge in [0.25, 0.3) is 0 Å². The van der Waals surface area contributed by atoms with E-state index in [-0.39, 0.29) is 27.1 Å². The van der Waals surface area contributed by atoms with Crippen molar-refractivity contribution in [2.24, 2.45) is 0 Å². The highest BCUT2D eigenvalue weighted by Crippen LogP contribution is 2.21. The SMILES string of the molecule is CC.CC.CC.CC.CC.CC(C)(C)c1cccnn1.CC(C)(C)c1ccncn1.CC(C)(C)c1ccnnc1.CC(C)(C)c1cnccn1.CC(C)(C)c1cncnc1. The van der Waals surface area contributed by atoms with Crippen LogP contribution < -0.4 is 0 Å². The van der Waals surface area contributed by atoms with Crippen LogP contribution in [0, 0.1) is 0 Å². The normalized spacial score (nSPS) is 10.1. The number of nitrogens with zero attached hydrogens (tertiary/aromatic N) is 10. The van der Waals surface area contributed by atoms with Crippen LogP contribution in [-0.2, 0) is 27.1 Å². The fraction of sp³-hybridized carbons (Fsp3) is 0.600. The first-order valence-electron chi connectivity index (χ1n) is 21.9. The van der Waals surface area contributed by atoms with E-state index in [1.165, 1.54) is 11.1 Å². The van der Waals surface area contributed by atoms with Crippen molar-refractivity contribution in [1.82, 2.24) is 50.3 Å². The summed E-state index contributed by atoms with van der Waals surface area (Å²) < 4.78 is 0. The molecule has 60 heavy (non-hydrogen) atoms. The number of aromatic nitrogens is 10. The van der Waals surface area contributed by atoms with Gasteiger partial charge in [0, 0.05) is 71.5 Å². The van der Waals surface area contributed by atoms with Crippen LogP contribution in [-0.4, -0.2) is 50.3 Å². The average Bonchev–Trinajstić information content (AvgIpc) is 3.25. The maximum atomic E-state index is 4.19. The largest absolute Gasteiger partial charge is 0.261 e. The Morgan fingerprint density at radius 3 is 1.07 bits per heavy atom. The number of rotatable bonds is 0. The molecule has 0 aliphatic rings. The molecule has 10 nitrogen and oxygen atoms in total. The zero-order valence-electron chi connectivity index (χ0n) is 43.1. The Hall–Kier alpha value is -4.60. The Labute approximate surface area is 370 Å². The van der Waals surface area contributed by atoms with E-state index >= 15 is 0 Å². The second kappa shape index (κ2) is 36.3. The molecule has 5 rings (SSSR count). The molecule has 0 radical (unpaired) electrons. The summed E-state index contributed by atoms with van der Waals surface area (Å²) in [5.41, 5.74) is 6.30. The molecule has 0 bridgehead atoms. The number of hydrogen-bond acceptors (Lipinski definition) is 10. The first-order valence-corrected chi connectivity index (χ1v) is 21.9. The van der Waals surface area contributed by atoms with Crippen LogP contribution in [0.3, 0.4) is 0 Å². The smallest absolute Gasteiger partial charge is 0.115 e. The van der Waals surface area contributed by atoms with Crippen molar-refractivity contribution < 1.29 is 0 Å². The van der Waals surface area contributed by atoms with Crippen molar-refractivity contribution >= 4 is 0 Å². The van der Waals surface area contributed by atoms with Crippen molar-refractivity contribution in [2.75, 3.05) is 0 Å². The third-order valence-corrected chi connectivity index (χ3v) is 6.90. The molecule has 5 aromatic heterocycles. The molecule has 0 aliphatic carbocycles. The molecular weight excluding hydrogens is 741 g/mol. The van der Waals surface area contributed by atoms with Crippen LogP contribution in [0.25, 0.3) is 0 Å². The lowest BCUT2D eigenvalue weighted by Crippen LogP contribution is -2.13. The van der Waals surface area contributed by atoms with Gasteiger partial charge in [-0.2, -0.15) is 20.4 Å². The minimum atomic E-state index is 0.119. The van der Waals surface area contributed by atoms with Crippen molar-refractivity contribution in [3.05, 3.63) is 121 Å². The van der Waals surface area contributed by atoms with Crippen LogP contribution in [0.5, 0.6) is 0 Å². The Morgan fingerprint density at radius 1 is 0.317 bits per heavy atom. The zero-order valence-corrected chi connectivity index (χ0v) is 43.1. The quantitative estimate of drug-likeness (QED) is 0.149. The van der Waals surface area contributed by atoms with Gasteiger partial charge in [0.2, 0.25) is 0 Å². The summed E-state index contributed by atoms with van der Waals surface area (Å²) in [5.74, 6) is 0. The maximum absolute atomic E-state index is 4.19. The molecule has 0 unspecified atom stereocenters. The van der Waals surface area contributed by atoms with Gasteiger partial charge in [0.15, 0.2) is 0 Å². The van der Waals surface area contributed by atoms with Gasteiger partial charge in [-0.3, -0.25) is 9.97 Å². The van der Waals surface area contributed by atoms with Crippen LogP contribution in [0.4, 0.5) is 0 Å². The van der Waals surface area contributed by atoms with E-state index in [0.29, 0.717) is 0 Å². The van der Waals surface area contributed by atoms with Gasteiger partial charge in [-0.05, 0) is 46.2 Å². The zero-order chi connectivity index (χ0) is 48.1. The van der Waals surface area contributed by atoms with E-state index in [1.54, 1.807) is 56.0 Å². The molecule has 10 heteroatoms. The van der Waals surface area contributed by atoms with E-state index in [9.17, 15) is 0 Å². The van der Waals surface area contributed by atoms with Crippen molar-refractivity contribution in [1.29, 1.82) is 0 Å². The Balaban J connectivity index is -0.000000199. The van der Waals surface area contributed by atoms with Gasteiger partial charge in [0.1, 0.15) is 12.7 Å². The first-order chi connectivity index (χ1) is 28.0. The second-order valence-corrected chi connectivity index (χ2v) is 16.8. The molecule has 0 aliphatic heterocycles. The monoisotopic (exact) mass is 831 g/mol. The highest BCUT2D eigenvalue weighted by atomic mass is 15.1. The standard InChI is InChI=1S/5C8H12N2.5C2H6/c1-8(2,3)7-4-9-6-10-5-7;1-8(2,3)7-6-9-4-5-10-7;1-8(2,3)7-4-5-9-6-10-7;1-8(2,3)7-4-5-9-10-6-7;1-8(2,3)7-5-4-6-9-10-7;5*1-2/h5*4-6H,1-3H3;5*1-2H3. The number of hydrogen-bond donors (Lipinski definition) is 0. The average molecular weight is 831 g/mol. The molecule has 5 aromatic rings. The first kappa shape index (κ1) is 64.5. The molecule has 0 aromatic carbocycles. The van der Waals surface area contributed by atoms with Crippen molar-refractivity contribution in [2.45, 2.75) is 200 Å². The molecule has 0 amide bonds. The Kier molecular flexibility index (Phi) is 39.0. The Morgan fingerprint density at radius 2 is 0.817 bits per heavy atom. The van der Waals surface area contributed by atoms with Crippen molar-refractivity contribution in [3.63, 3.8) is 0 Å². The van der Waals surface area contributed by atoms with Gasteiger partial charge in [-0.1, -0.05) is 173 Å². The topological polar surface area (TPSA) is 129 Å². The van der Waals surface area contributed by atoms with Crippen LogP contribution >= 0.6 is 0 Å². The fourth-order valence-corrected chi connectivity index (χ4v) is 3.54. The van der Waals surface area contributed by atoms with Crippen molar-refractivity contribution in [3.8, 4) is 0 Å². The molecule has 0 N–H and O–H groups in total. The lowest BCUT2D eigenvalue weighted by Gasteiger charge is -2.16. The van der Waals surface area contributed by atoms with E-state index in [0.717, 1.165) is 17.1 Å². The van der Waals surface area contributed by atoms with E-state index in [4.69, 9.17) is 0 Å². The highest BCUT2D eigenvalue weighted by molar-refractivity contribution is 5.16. The molecule has 5 heterocycles. The summed E-state index contributed by atoms with van der Waals surface area (Å²) in [6, 6.07) is 7.84. The summed E-state index contributed by atoms with van der Waals surface area (Å²) in [6.07, 6.45) is 19.1. The third kappa shape index (κ3) is 34.3. The highest BCUT2D eigenvalue weighted by Gasteiger charge is 2.16. The molecule has 0 fully saturated rings. The lowest BCUT2D eigenvalue weighted by atomic mass is 9.89. The van der Waals surface area contributed by atoms with Crippen LogP contribution in [0.15, 0.2) is 92.7 Å². The fourth-order valence-electron chi connectivity index (χ4n) is 3.54. The van der Waals surface area contributed by atoms with Crippen LogP contribution in [0.2, 0.25) is 0 Å². The molecule has 0 saturated carbocycles. The molecular formula is C50H90N10. The Bertz CT molecular complexity index is 1280.